The number of nitro groups is 1. The van der Waals surface area contributed by atoms with E-state index in [4.69, 9.17) is 9.16 Å². The van der Waals surface area contributed by atoms with Crippen LogP contribution in [0.25, 0.3) is 0 Å². The summed E-state index contributed by atoms with van der Waals surface area (Å²) in [6.07, 6.45) is 3.90. The molecule has 1 aliphatic carbocycles. The number of ether oxygens (including phenoxy) is 1. The molecular weight excluding hydrogens is 424 g/mol. The van der Waals surface area contributed by atoms with Gasteiger partial charge in [0.05, 0.1) is 23.1 Å². The van der Waals surface area contributed by atoms with E-state index in [0.717, 1.165) is 37.9 Å². The molecule has 3 rings (SSSR count). The lowest BCUT2D eigenvalue weighted by Gasteiger charge is -2.43. The minimum Gasteiger partial charge on any atom is -0.490 e. The van der Waals surface area contributed by atoms with Gasteiger partial charge >= 0.3 is 5.69 Å². The number of nitro benzene ring substituents is 1. The van der Waals surface area contributed by atoms with Gasteiger partial charge in [0.25, 0.3) is 5.91 Å². The maximum absolute atomic E-state index is 13.4. The maximum atomic E-state index is 13.4. The van der Waals surface area contributed by atoms with Crippen LogP contribution < -0.4 is 4.74 Å². The molecule has 2 aliphatic rings. The van der Waals surface area contributed by atoms with Gasteiger partial charge in [0.2, 0.25) is 0 Å². The Morgan fingerprint density at radius 2 is 1.78 bits per heavy atom. The molecule has 178 valence electrons. The summed E-state index contributed by atoms with van der Waals surface area (Å²) < 4.78 is 11.7. The number of carbonyl (C=O) groups is 1. The molecule has 1 aromatic carbocycles. The minimum absolute atomic E-state index is 0.114. The van der Waals surface area contributed by atoms with Gasteiger partial charge in [-0.15, -0.1) is 0 Å². The standard InChI is InChI=1S/C24H38N2O5Si/c1-23(2,3)32(7,8)31-15-16-9-11-17(12-10-16)25-22(27)18-13-20(26(28)29)21(30-6)14-19(18)24(25,4)5/h13-14,16-17H,9-12,15H2,1-8H3. The summed E-state index contributed by atoms with van der Waals surface area (Å²) in [5, 5.41) is 11.7. The van der Waals surface area contributed by atoms with Crippen LogP contribution in [0, 0.1) is 16.0 Å². The average molecular weight is 463 g/mol. The Hall–Kier alpha value is -1.93. The summed E-state index contributed by atoms with van der Waals surface area (Å²) in [5.41, 5.74) is 0.521. The van der Waals surface area contributed by atoms with Crippen LogP contribution in [-0.4, -0.2) is 43.8 Å². The van der Waals surface area contributed by atoms with Crippen molar-refractivity contribution in [3.8, 4) is 5.75 Å². The van der Waals surface area contributed by atoms with Gasteiger partial charge in [0, 0.05) is 18.7 Å². The van der Waals surface area contributed by atoms with E-state index in [0.29, 0.717) is 11.5 Å². The zero-order valence-electron chi connectivity index (χ0n) is 20.8. The van der Waals surface area contributed by atoms with Crippen molar-refractivity contribution in [3.63, 3.8) is 0 Å². The molecule has 0 atom stereocenters. The number of nitrogens with zero attached hydrogens (tertiary/aromatic N) is 2. The fourth-order valence-electron chi connectivity index (χ4n) is 4.81. The van der Waals surface area contributed by atoms with Gasteiger partial charge in [-0.25, -0.2) is 0 Å². The second kappa shape index (κ2) is 8.45. The van der Waals surface area contributed by atoms with Crippen molar-refractivity contribution in [2.24, 2.45) is 5.92 Å². The highest BCUT2D eigenvalue weighted by molar-refractivity contribution is 6.74. The molecule has 1 fully saturated rings. The van der Waals surface area contributed by atoms with Crippen molar-refractivity contribution in [2.75, 3.05) is 13.7 Å². The third-order valence-electron chi connectivity index (χ3n) is 7.89. The number of amides is 1. The first-order chi connectivity index (χ1) is 14.7. The lowest BCUT2D eigenvalue weighted by molar-refractivity contribution is -0.385. The molecule has 1 aliphatic heterocycles. The van der Waals surface area contributed by atoms with Crippen LogP contribution in [0.15, 0.2) is 12.1 Å². The molecule has 7 nitrogen and oxygen atoms in total. The number of hydrogen-bond donors (Lipinski definition) is 0. The fraction of sp³-hybridized carbons (Fsp3) is 0.708. The third-order valence-corrected chi connectivity index (χ3v) is 12.4. The highest BCUT2D eigenvalue weighted by Crippen LogP contribution is 2.47. The Kier molecular flexibility index (Phi) is 6.52. The molecule has 1 aromatic rings. The van der Waals surface area contributed by atoms with Crippen LogP contribution in [0.5, 0.6) is 5.75 Å². The molecule has 0 bridgehead atoms. The number of fused-ring (bicyclic) bond motifs is 1. The minimum atomic E-state index is -1.76. The normalized spacial score (nSPS) is 23.2. The number of rotatable bonds is 6. The first-order valence-electron chi connectivity index (χ1n) is 11.5. The SMILES string of the molecule is COc1cc2c(cc1[N+](=O)[O-])C(=O)N(C1CCC(CO[Si](C)(C)C(C)(C)C)CC1)C2(C)C. The maximum Gasteiger partial charge on any atom is 0.311 e. The van der Waals surface area contributed by atoms with Crippen LogP contribution in [-0.2, 0) is 9.96 Å². The molecule has 32 heavy (non-hydrogen) atoms. The highest BCUT2D eigenvalue weighted by Gasteiger charge is 2.48. The summed E-state index contributed by atoms with van der Waals surface area (Å²) in [5.74, 6) is 0.601. The lowest BCUT2D eigenvalue weighted by Crippen LogP contribution is -2.48. The molecule has 0 N–H and O–H groups in total. The number of hydrogen-bond acceptors (Lipinski definition) is 5. The van der Waals surface area contributed by atoms with Crippen molar-refractivity contribution < 1.29 is 18.9 Å². The van der Waals surface area contributed by atoms with Crippen molar-refractivity contribution in [2.45, 2.75) is 90.0 Å². The number of methoxy groups -OCH3 is 1. The molecule has 8 heteroatoms. The Morgan fingerprint density at radius 3 is 2.28 bits per heavy atom. The lowest BCUT2D eigenvalue weighted by atomic mass is 9.84. The molecule has 0 radical (unpaired) electrons. The Morgan fingerprint density at radius 1 is 1.19 bits per heavy atom. The van der Waals surface area contributed by atoms with E-state index in [1.165, 1.54) is 13.2 Å². The van der Waals surface area contributed by atoms with E-state index >= 15 is 0 Å². The number of benzene rings is 1. The first kappa shape index (κ1) is 24.7. The predicted octanol–water partition coefficient (Wildman–Crippen LogP) is 5.87. The summed E-state index contributed by atoms with van der Waals surface area (Å²) in [6.45, 7) is 16.2. The average Bonchev–Trinajstić information content (AvgIpc) is 2.90. The topological polar surface area (TPSA) is 81.9 Å². The van der Waals surface area contributed by atoms with Crippen molar-refractivity contribution >= 4 is 19.9 Å². The molecule has 0 aromatic heterocycles. The van der Waals surface area contributed by atoms with Gasteiger partial charge in [-0.2, -0.15) is 0 Å². The molecule has 1 amide bonds. The van der Waals surface area contributed by atoms with Crippen LogP contribution in [0.1, 0.15) is 76.2 Å². The van der Waals surface area contributed by atoms with E-state index in [1.807, 2.05) is 18.7 Å². The molecular formula is C24H38N2O5Si. The van der Waals surface area contributed by atoms with Gasteiger partial charge in [-0.05, 0) is 75.2 Å². The largest absolute Gasteiger partial charge is 0.490 e. The van der Waals surface area contributed by atoms with Crippen LogP contribution in [0.4, 0.5) is 5.69 Å². The van der Waals surface area contributed by atoms with E-state index < -0.39 is 18.8 Å². The van der Waals surface area contributed by atoms with Crippen LogP contribution in [0.3, 0.4) is 0 Å². The zero-order chi connectivity index (χ0) is 24.1. The summed E-state index contributed by atoms with van der Waals surface area (Å²) in [6, 6.07) is 3.18. The molecule has 0 spiro atoms. The van der Waals surface area contributed by atoms with E-state index in [-0.39, 0.29) is 28.4 Å². The second-order valence-electron chi connectivity index (χ2n) is 11.3. The fourth-order valence-corrected chi connectivity index (χ4v) is 5.89. The van der Waals surface area contributed by atoms with Crippen LogP contribution in [0.2, 0.25) is 18.1 Å². The van der Waals surface area contributed by atoms with Gasteiger partial charge in [0.15, 0.2) is 14.1 Å². The molecule has 1 heterocycles. The Bertz CT molecular complexity index is 898. The van der Waals surface area contributed by atoms with E-state index in [2.05, 4.69) is 33.9 Å². The third kappa shape index (κ3) is 4.31. The second-order valence-corrected chi connectivity index (χ2v) is 16.1. The summed E-state index contributed by atoms with van der Waals surface area (Å²) >= 11 is 0. The van der Waals surface area contributed by atoms with Gasteiger partial charge in [-0.3, -0.25) is 14.9 Å². The van der Waals surface area contributed by atoms with Crippen molar-refractivity contribution in [3.05, 3.63) is 33.4 Å². The predicted molar refractivity (Wildman–Crippen MR) is 128 cm³/mol. The molecule has 0 saturated heterocycles. The monoisotopic (exact) mass is 462 g/mol. The van der Waals surface area contributed by atoms with Crippen molar-refractivity contribution in [1.82, 2.24) is 4.90 Å². The first-order valence-corrected chi connectivity index (χ1v) is 14.5. The Balaban J connectivity index is 1.73. The zero-order valence-corrected chi connectivity index (χ0v) is 21.8. The summed E-state index contributed by atoms with van der Waals surface area (Å²) in [7, 11) is -0.344. The van der Waals surface area contributed by atoms with Gasteiger partial charge < -0.3 is 14.1 Å². The van der Waals surface area contributed by atoms with E-state index in [1.54, 1.807) is 6.07 Å². The molecule has 0 unspecified atom stereocenters. The smallest absolute Gasteiger partial charge is 0.311 e. The van der Waals surface area contributed by atoms with E-state index in [9.17, 15) is 14.9 Å². The van der Waals surface area contributed by atoms with Crippen molar-refractivity contribution in [1.29, 1.82) is 0 Å². The number of carbonyl (C=O) groups excluding carboxylic acids is 1. The van der Waals surface area contributed by atoms with Gasteiger partial charge in [-0.1, -0.05) is 20.8 Å². The van der Waals surface area contributed by atoms with Gasteiger partial charge in [0.1, 0.15) is 0 Å². The Labute approximate surface area is 192 Å². The summed E-state index contributed by atoms with van der Waals surface area (Å²) in [4.78, 5) is 26.3. The highest BCUT2D eigenvalue weighted by atomic mass is 28.4. The molecule has 1 saturated carbocycles. The quantitative estimate of drug-likeness (QED) is 0.300. The van der Waals surface area contributed by atoms with Crippen LogP contribution >= 0.6 is 0 Å².